The van der Waals surface area contributed by atoms with Crippen LogP contribution < -0.4 is 10.6 Å². The van der Waals surface area contributed by atoms with E-state index in [2.05, 4.69) is 19.1 Å². The van der Waals surface area contributed by atoms with Crippen molar-refractivity contribution in [3.63, 3.8) is 0 Å². The van der Waals surface area contributed by atoms with Crippen LogP contribution in [0.5, 0.6) is 0 Å². The molecular formula is C23H23N3O2S. The predicted molar refractivity (Wildman–Crippen MR) is 116 cm³/mol. The molecule has 1 fully saturated rings. The molecule has 6 heteroatoms. The fraction of sp³-hybridized carbons (Fsp3) is 0.261. The number of para-hydroxylation sites is 1. The van der Waals surface area contributed by atoms with E-state index in [0.29, 0.717) is 17.1 Å². The minimum atomic E-state index is -0.829. The van der Waals surface area contributed by atoms with Crippen molar-refractivity contribution in [2.24, 2.45) is 5.73 Å². The van der Waals surface area contributed by atoms with Gasteiger partial charge in [0.1, 0.15) is 16.7 Å². The lowest BCUT2D eigenvalue weighted by Crippen LogP contribution is -2.31. The van der Waals surface area contributed by atoms with Crippen LogP contribution in [0.3, 0.4) is 0 Å². The maximum absolute atomic E-state index is 13.2. The molecule has 29 heavy (non-hydrogen) atoms. The first kappa shape index (κ1) is 20.7. The van der Waals surface area contributed by atoms with Crippen LogP contribution in [-0.2, 0) is 22.4 Å². The Bertz CT molecular complexity index is 962. The highest BCUT2D eigenvalue weighted by Gasteiger charge is 2.40. The van der Waals surface area contributed by atoms with Crippen LogP contribution in [0.2, 0.25) is 0 Å². The number of amides is 2. The summed E-state index contributed by atoms with van der Waals surface area (Å²) < 4.78 is 0. The van der Waals surface area contributed by atoms with Crippen molar-refractivity contribution in [3.05, 3.63) is 76.3 Å². The maximum Gasteiger partial charge on any atom is 0.262 e. The molecule has 2 N–H and O–H groups in total. The van der Waals surface area contributed by atoms with Gasteiger partial charge >= 0.3 is 0 Å². The Kier molecular flexibility index (Phi) is 6.73. The number of nitrogens with two attached hydrogens (primary N) is 1. The summed E-state index contributed by atoms with van der Waals surface area (Å²) >= 11 is 1.23. The van der Waals surface area contributed by atoms with E-state index < -0.39 is 11.2 Å². The molecule has 0 aromatic heterocycles. The van der Waals surface area contributed by atoms with Crippen LogP contribution in [0.4, 0.5) is 5.69 Å². The number of rotatable bonds is 7. The van der Waals surface area contributed by atoms with Crippen molar-refractivity contribution in [2.45, 2.75) is 37.9 Å². The molecular weight excluding hydrogens is 382 g/mol. The van der Waals surface area contributed by atoms with Gasteiger partial charge in [-0.05, 0) is 42.5 Å². The Hall–Kier alpha value is -3.04. The number of primary amides is 1. The van der Waals surface area contributed by atoms with Gasteiger partial charge in [-0.2, -0.15) is 5.26 Å². The SMILES string of the molecule is CCCCc1ccc(CC2S/C(=C(\C#N)C(N)=O)N(c3ccccc3)C2=O)cc1. The van der Waals surface area contributed by atoms with Crippen molar-refractivity contribution >= 4 is 29.3 Å². The molecule has 1 saturated heterocycles. The van der Waals surface area contributed by atoms with Crippen molar-refractivity contribution in [2.75, 3.05) is 4.90 Å². The highest BCUT2D eigenvalue weighted by Crippen LogP contribution is 2.41. The first-order valence-electron chi connectivity index (χ1n) is 9.62. The molecule has 1 unspecified atom stereocenters. The second-order valence-corrected chi connectivity index (χ2v) is 8.09. The molecule has 2 amide bonds. The van der Waals surface area contributed by atoms with E-state index >= 15 is 0 Å². The fourth-order valence-corrected chi connectivity index (χ4v) is 4.56. The van der Waals surface area contributed by atoms with Gasteiger partial charge in [0, 0.05) is 5.69 Å². The van der Waals surface area contributed by atoms with Crippen molar-refractivity contribution in [1.29, 1.82) is 5.26 Å². The van der Waals surface area contributed by atoms with Crippen molar-refractivity contribution in [3.8, 4) is 6.07 Å². The smallest absolute Gasteiger partial charge is 0.262 e. The van der Waals surface area contributed by atoms with Crippen LogP contribution in [0.15, 0.2) is 65.2 Å². The normalized spacial score (nSPS) is 17.9. The third-order valence-electron chi connectivity index (χ3n) is 4.80. The Morgan fingerprint density at radius 1 is 1.14 bits per heavy atom. The van der Waals surface area contributed by atoms with Crippen LogP contribution in [0, 0.1) is 11.3 Å². The quantitative estimate of drug-likeness (QED) is 0.558. The minimum absolute atomic E-state index is 0.153. The first-order chi connectivity index (χ1) is 14.0. The van der Waals surface area contributed by atoms with Gasteiger partial charge in [-0.3, -0.25) is 14.5 Å². The van der Waals surface area contributed by atoms with Gasteiger partial charge < -0.3 is 5.73 Å². The van der Waals surface area contributed by atoms with E-state index in [4.69, 9.17) is 5.73 Å². The van der Waals surface area contributed by atoms with E-state index in [1.807, 2.05) is 36.4 Å². The van der Waals surface area contributed by atoms with Gasteiger partial charge in [-0.15, -0.1) is 0 Å². The maximum atomic E-state index is 13.2. The Morgan fingerprint density at radius 3 is 2.38 bits per heavy atom. The number of nitrogens with zero attached hydrogens (tertiary/aromatic N) is 2. The summed E-state index contributed by atoms with van der Waals surface area (Å²) in [5, 5.41) is 9.31. The van der Waals surface area contributed by atoms with Gasteiger partial charge in [-0.1, -0.05) is 67.6 Å². The third kappa shape index (κ3) is 4.69. The standard InChI is InChI=1S/C23H23N3O2S/c1-2-3-7-16-10-12-17(13-11-16)14-20-22(28)26(18-8-5-4-6-9-18)23(29-20)19(15-24)21(25)27/h4-6,8-13,20H,2-3,7,14H2,1H3,(H2,25,27)/b23-19+. The molecule has 0 radical (unpaired) electrons. The molecule has 1 aliphatic rings. The molecule has 2 aromatic carbocycles. The first-order valence-corrected chi connectivity index (χ1v) is 10.5. The number of carbonyl (C=O) groups excluding carboxylic acids is 2. The topological polar surface area (TPSA) is 87.2 Å². The molecule has 148 valence electrons. The number of thioether (sulfide) groups is 1. The third-order valence-corrected chi connectivity index (χ3v) is 6.07. The summed E-state index contributed by atoms with van der Waals surface area (Å²) in [4.78, 5) is 26.4. The summed E-state index contributed by atoms with van der Waals surface area (Å²) in [6, 6.07) is 19.2. The number of hydrogen-bond donors (Lipinski definition) is 1. The van der Waals surface area contributed by atoms with Gasteiger partial charge in [0.15, 0.2) is 0 Å². The fourth-order valence-electron chi connectivity index (χ4n) is 3.25. The average Bonchev–Trinajstić information content (AvgIpc) is 3.04. The Labute approximate surface area is 175 Å². The Balaban J connectivity index is 1.89. The number of carbonyl (C=O) groups is 2. The van der Waals surface area contributed by atoms with E-state index in [1.54, 1.807) is 12.1 Å². The number of benzene rings is 2. The molecule has 0 aliphatic carbocycles. The van der Waals surface area contributed by atoms with Crippen LogP contribution >= 0.6 is 11.8 Å². The molecule has 0 bridgehead atoms. The largest absolute Gasteiger partial charge is 0.365 e. The zero-order valence-electron chi connectivity index (χ0n) is 16.3. The molecule has 5 nitrogen and oxygen atoms in total. The summed E-state index contributed by atoms with van der Waals surface area (Å²) in [7, 11) is 0. The van der Waals surface area contributed by atoms with Crippen molar-refractivity contribution in [1.82, 2.24) is 0 Å². The molecule has 1 heterocycles. The van der Waals surface area contributed by atoms with E-state index in [9.17, 15) is 14.9 Å². The number of aryl methyl sites for hydroxylation is 1. The van der Waals surface area contributed by atoms with E-state index in [1.165, 1.54) is 22.2 Å². The highest BCUT2D eigenvalue weighted by atomic mass is 32.2. The lowest BCUT2D eigenvalue weighted by molar-refractivity contribution is -0.117. The zero-order valence-corrected chi connectivity index (χ0v) is 17.1. The molecule has 2 aromatic rings. The molecule has 0 spiro atoms. The Morgan fingerprint density at radius 2 is 1.79 bits per heavy atom. The van der Waals surface area contributed by atoms with Crippen molar-refractivity contribution < 1.29 is 9.59 Å². The second-order valence-electron chi connectivity index (χ2n) is 6.90. The predicted octanol–water partition coefficient (Wildman–Crippen LogP) is 3.94. The van der Waals surface area contributed by atoms with Crippen LogP contribution in [0.25, 0.3) is 0 Å². The van der Waals surface area contributed by atoms with Gasteiger partial charge in [0.25, 0.3) is 5.91 Å². The van der Waals surface area contributed by atoms with Gasteiger partial charge in [0.2, 0.25) is 5.91 Å². The summed E-state index contributed by atoms with van der Waals surface area (Å²) in [6.45, 7) is 2.17. The molecule has 1 aliphatic heterocycles. The minimum Gasteiger partial charge on any atom is -0.365 e. The average molecular weight is 406 g/mol. The zero-order chi connectivity index (χ0) is 20.8. The molecule has 1 atom stereocenters. The second kappa shape index (κ2) is 9.44. The monoisotopic (exact) mass is 405 g/mol. The number of hydrogen-bond acceptors (Lipinski definition) is 4. The lowest BCUT2D eigenvalue weighted by Gasteiger charge is -2.18. The summed E-state index contributed by atoms with van der Waals surface area (Å²) in [6.07, 6.45) is 3.87. The van der Waals surface area contributed by atoms with Crippen LogP contribution in [-0.4, -0.2) is 17.1 Å². The molecule has 3 rings (SSSR count). The van der Waals surface area contributed by atoms with Gasteiger partial charge in [0.05, 0.1) is 5.25 Å². The summed E-state index contributed by atoms with van der Waals surface area (Å²) in [5.74, 6) is -0.982. The number of nitriles is 1. The number of unbranched alkanes of at least 4 members (excludes halogenated alkanes) is 1. The van der Waals surface area contributed by atoms with E-state index in [0.717, 1.165) is 24.8 Å². The number of anilines is 1. The molecule has 0 saturated carbocycles. The van der Waals surface area contributed by atoms with Crippen LogP contribution in [0.1, 0.15) is 30.9 Å². The highest BCUT2D eigenvalue weighted by molar-refractivity contribution is 8.05. The lowest BCUT2D eigenvalue weighted by atomic mass is 10.0. The van der Waals surface area contributed by atoms with Gasteiger partial charge in [-0.25, -0.2) is 0 Å². The summed E-state index contributed by atoms with van der Waals surface area (Å²) in [5.41, 5.74) is 8.15. The van der Waals surface area contributed by atoms with E-state index in [-0.39, 0.29) is 11.5 Å².